The number of fused-ring (bicyclic) bond motifs is 1. The molecule has 1 aliphatic heterocycles. The average molecular weight is 209 g/mol. The smallest absolute Gasteiger partial charge is 0.125 e. The summed E-state index contributed by atoms with van der Waals surface area (Å²) in [5.41, 5.74) is 6.30. The Labute approximate surface area is 88.6 Å². The van der Waals surface area contributed by atoms with E-state index in [1.807, 2.05) is 0 Å². The van der Waals surface area contributed by atoms with Crippen LogP contribution in [0.1, 0.15) is 18.1 Å². The first-order valence-corrected chi connectivity index (χ1v) is 5.08. The van der Waals surface area contributed by atoms with E-state index in [9.17, 15) is 5.11 Å². The number of rotatable bonds is 3. The van der Waals surface area contributed by atoms with Crippen LogP contribution in [0.5, 0.6) is 11.5 Å². The molecule has 1 aliphatic rings. The molecular weight excluding hydrogens is 194 g/mol. The number of ether oxygens (including phenoxy) is 2. The lowest BCUT2D eigenvalue weighted by atomic mass is 10.0. The van der Waals surface area contributed by atoms with Crippen molar-refractivity contribution in [3.63, 3.8) is 0 Å². The van der Waals surface area contributed by atoms with Gasteiger partial charge in [-0.05, 0) is 18.2 Å². The Morgan fingerprint density at radius 2 is 2.40 bits per heavy atom. The quantitative estimate of drug-likeness (QED) is 0.784. The van der Waals surface area contributed by atoms with Gasteiger partial charge in [-0.25, -0.2) is 0 Å². The van der Waals surface area contributed by atoms with Crippen molar-refractivity contribution >= 4 is 0 Å². The molecule has 4 heteroatoms. The van der Waals surface area contributed by atoms with E-state index in [1.54, 1.807) is 18.2 Å². The van der Waals surface area contributed by atoms with Crippen LogP contribution in [0.2, 0.25) is 0 Å². The van der Waals surface area contributed by atoms with E-state index >= 15 is 0 Å². The highest BCUT2D eigenvalue weighted by Crippen LogP contribution is 2.36. The molecule has 1 aromatic rings. The van der Waals surface area contributed by atoms with Crippen molar-refractivity contribution in [3.05, 3.63) is 23.8 Å². The topological polar surface area (TPSA) is 64.7 Å². The number of hydrogen-bond donors (Lipinski definition) is 2. The molecule has 0 bridgehead atoms. The summed E-state index contributed by atoms with van der Waals surface area (Å²) < 4.78 is 11.1. The maximum absolute atomic E-state index is 9.40. The van der Waals surface area contributed by atoms with Crippen LogP contribution < -0.4 is 10.5 Å². The van der Waals surface area contributed by atoms with Crippen molar-refractivity contribution in [1.82, 2.24) is 0 Å². The zero-order chi connectivity index (χ0) is 10.7. The van der Waals surface area contributed by atoms with Crippen molar-refractivity contribution in [2.45, 2.75) is 12.5 Å². The molecule has 2 rings (SSSR count). The highest BCUT2D eigenvalue weighted by atomic mass is 16.5. The van der Waals surface area contributed by atoms with Gasteiger partial charge in [0.2, 0.25) is 0 Å². The molecule has 0 saturated carbocycles. The van der Waals surface area contributed by atoms with Gasteiger partial charge in [0.05, 0.1) is 19.3 Å². The van der Waals surface area contributed by atoms with Crippen molar-refractivity contribution in [2.75, 3.05) is 19.8 Å². The Kier molecular flexibility index (Phi) is 3.08. The molecule has 0 aromatic heterocycles. The third-order valence-corrected chi connectivity index (χ3v) is 2.41. The highest BCUT2D eigenvalue weighted by molar-refractivity contribution is 5.42. The lowest BCUT2D eigenvalue weighted by Crippen LogP contribution is -2.19. The second-order valence-corrected chi connectivity index (χ2v) is 3.51. The fraction of sp³-hybridized carbons (Fsp3) is 0.455. The molecule has 1 heterocycles. The third kappa shape index (κ3) is 2.22. The van der Waals surface area contributed by atoms with Gasteiger partial charge in [0, 0.05) is 18.5 Å². The van der Waals surface area contributed by atoms with E-state index in [1.165, 1.54) is 0 Å². The fourth-order valence-corrected chi connectivity index (χ4v) is 1.73. The van der Waals surface area contributed by atoms with E-state index in [0.717, 1.165) is 17.7 Å². The Hall–Kier alpha value is -1.26. The monoisotopic (exact) mass is 209 g/mol. The lowest BCUT2D eigenvalue weighted by Gasteiger charge is -2.25. The summed E-state index contributed by atoms with van der Waals surface area (Å²) in [6.45, 7) is 1.68. The fourth-order valence-electron chi connectivity index (χ4n) is 1.73. The first-order chi connectivity index (χ1) is 7.31. The zero-order valence-corrected chi connectivity index (χ0v) is 8.48. The van der Waals surface area contributed by atoms with Gasteiger partial charge in [0.25, 0.3) is 0 Å². The van der Waals surface area contributed by atoms with Crippen LogP contribution in [-0.2, 0) is 4.74 Å². The number of phenolic OH excluding ortho intramolecular Hbond substituents is 1. The molecule has 1 aromatic carbocycles. The summed E-state index contributed by atoms with van der Waals surface area (Å²) >= 11 is 0. The van der Waals surface area contributed by atoms with Gasteiger partial charge in [-0.2, -0.15) is 0 Å². The summed E-state index contributed by atoms with van der Waals surface area (Å²) in [6.07, 6.45) is 0.792. The van der Waals surface area contributed by atoms with Crippen LogP contribution in [0.25, 0.3) is 0 Å². The maximum atomic E-state index is 9.40. The molecule has 0 saturated heterocycles. The SMILES string of the molecule is NCCOC1CCOc2ccc(O)cc21. The predicted octanol–water partition coefficient (Wildman–Crippen LogP) is 1.19. The minimum absolute atomic E-state index is 0.00981. The standard InChI is InChI=1S/C11H15NO3/c12-4-6-15-11-3-5-14-10-2-1-8(13)7-9(10)11/h1-2,7,11,13H,3-6,12H2. The molecule has 3 N–H and O–H groups in total. The van der Waals surface area contributed by atoms with Gasteiger partial charge in [0.1, 0.15) is 11.5 Å². The van der Waals surface area contributed by atoms with Crippen molar-refractivity contribution in [3.8, 4) is 11.5 Å². The van der Waals surface area contributed by atoms with Crippen LogP contribution in [0, 0.1) is 0 Å². The second-order valence-electron chi connectivity index (χ2n) is 3.51. The van der Waals surface area contributed by atoms with Crippen LogP contribution >= 0.6 is 0 Å². The summed E-state index contributed by atoms with van der Waals surface area (Å²) in [5, 5.41) is 9.40. The van der Waals surface area contributed by atoms with E-state index in [4.69, 9.17) is 15.2 Å². The van der Waals surface area contributed by atoms with Crippen LogP contribution in [0.15, 0.2) is 18.2 Å². The summed E-state index contributed by atoms with van der Waals surface area (Å²) in [4.78, 5) is 0. The molecule has 1 unspecified atom stereocenters. The van der Waals surface area contributed by atoms with E-state index in [0.29, 0.717) is 19.8 Å². The number of nitrogens with two attached hydrogens (primary N) is 1. The molecule has 0 fully saturated rings. The lowest BCUT2D eigenvalue weighted by molar-refractivity contribution is 0.0284. The molecular formula is C11H15NO3. The highest BCUT2D eigenvalue weighted by Gasteiger charge is 2.22. The normalized spacial score (nSPS) is 19.4. The Morgan fingerprint density at radius 3 is 3.20 bits per heavy atom. The first kappa shape index (κ1) is 10.3. The number of hydrogen-bond acceptors (Lipinski definition) is 4. The summed E-state index contributed by atoms with van der Waals surface area (Å²) in [7, 11) is 0. The van der Waals surface area contributed by atoms with Crippen molar-refractivity contribution in [1.29, 1.82) is 0 Å². The van der Waals surface area contributed by atoms with Gasteiger partial charge in [-0.15, -0.1) is 0 Å². The molecule has 4 nitrogen and oxygen atoms in total. The number of phenols is 1. The zero-order valence-electron chi connectivity index (χ0n) is 8.48. The molecule has 1 atom stereocenters. The Balaban J connectivity index is 2.20. The van der Waals surface area contributed by atoms with Gasteiger partial charge in [-0.3, -0.25) is 0 Å². The molecule has 82 valence electrons. The minimum Gasteiger partial charge on any atom is -0.508 e. The maximum Gasteiger partial charge on any atom is 0.125 e. The molecule has 0 aliphatic carbocycles. The van der Waals surface area contributed by atoms with Gasteiger partial charge in [0.15, 0.2) is 0 Å². The van der Waals surface area contributed by atoms with Crippen molar-refractivity contribution in [2.24, 2.45) is 5.73 Å². The first-order valence-electron chi connectivity index (χ1n) is 5.08. The average Bonchev–Trinajstić information content (AvgIpc) is 2.26. The van der Waals surface area contributed by atoms with Crippen LogP contribution in [0.3, 0.4) is 0 Å². The Bertz CT molecular complexity index is 341. The minimum atomic E-state index is -0.00981. The Morgan fingerprint density at radius 1 is 1.53 bits per heavy atom. The predicted molar refractivity (Wildman–Crippen MR) is 56.0 cm³/mol. The van der Waals surface area contributed by atoms with Gasteiger partial charge < -0.3 is 20.3 Å². The molecule has 0 radical (unpaired) electrons. The largest absolute Gasteiger partial charge is 0.508 e. The number of aromatic hydroxyl groups is 1. The molecule has 0 spiro atoms. The molecule has 15 heavy (non-hydrogen) atoms. The summed E-state index contributed by atoms with van der Waals surface area (Å²) in [5.74, 6) is 1.03. The van der Waals surface area contributed by atoms with Gasteiger partial charge >= 0.3 is 0 Å². The van der Waals surface area contributed by atoms with Crippen LogP contribution in [-0.4, -0.2) is 24.9 Å². The molecule has 0 amide bonds. The van der Waals surface area contributed by atoms with Gasteiger partial charge in [-0.1, -0.05) is 0 Å². The summed E-state index contributed by atoms with van der Waals surface area (Å²) in [6, 6.07) is 5.07. The van der Waals surface area contributed by atoms with E-state index < -0.39 is 0 Å². The third-order valence-electron chi connectivity index (χ3n) is 2.41. The van der Waals surface area contributed by atoms with E-state index in [-0.39, 0.29) is 11.9 Å². The van der Waals surface area contributed by atoms with E-state index in [2.05, 4.69) is 0 Å². The second kappa shape index (κ2) is 4.51. The van der Waals surface area contributed by atoms with Crippen molar-refractivity contribution < 1.29 is 14.6 Å². The number of benzene rings is 1. The van der Waals surface area contributed by atoms with Crippen LogP contribution in [0.4, 0.5) is 0 Å².